The van der Waals surface area contributed by atoms with Gasteiger partial charge in [-0.1, -0.05) is 88.4 Å². The van der Waals surface area contributed by atoms with Crippen LogP contribution in [0.4, 0.5) is 0 Å². The van der Waals surface area contributed by atoms with E-state index in [-0.39, 0.29) is 24.9 Å². The molecular weight excluding hydrogens is 1020 g/mol. The first-order chi connectivity index (χ1) is 36.0. The maximum absolute atomic E-state index is 13.2. The monoisotopic (exact) mass is 1100 g/mol. The van der Waals surface area contributed by atoms with Gasteiger partial charge < -0.3 is 30.7 Å². The first-order valence-corrected chi connectivity index (χ1v) is 30.2. The summed E-state index contributed by atoms with van der Waals surface area (Å²) in [5, 5.41) is 12.9. The molecule has 0 spiro atoms. The van der Waals surface area contributed by atoms with Crippen LogP contribution in [0.2, 0.25) is 0 Å². The smallest absolute Gasteiger partial charge is 0.252 e. The predicted octanol–water partition coefficient (Wildman–Crippen LogP) is 9.58. The number of amides is 2. The van der Waals surface area contributed by atoms with Crippen LogP contribution < -0.4 is 30.7 Å². The van der Waals surface area contributed by atoms with Gasteiger partial charge in [0, 0.05) is 72.2 Å². The Hall–Kier alpha value is -5.44. The highest BCUT2D eigenvalue weighted by atomic mass is 32.3. The molecule has 0 saturated carbocycles. The summed E-state index contributed by atoms with van der Waals surface area (Å²) < 4.78 is 67.0. The minimum Gasteiger partial charge on any atom is -0.497 e. The first-order valence-electron chi connectivity index (χ1n) is 25.7. The lowest BCUT2D eigenvalue weighted by molar-refractivity contribution is 0.0943. The molecule has 2 aromatic heterocycles. The lowest BCUT2D eigenvalue weighted by Crippen LogP contribution is -2.44. The van der Waals surface area contributed by atoms with Gasteiger partial charge in [0.1, 0.15) is 19.9 Å². The number of piperidine rings is 2. The number of nitrogens with one attached hydrogen (secondary N) is 4. The van der Waals surface area contributed by atoms with Gasteiger partial charge in [-0.25, -0.2) is 16.8 Å². The molecular formula is C57H72N6O8S4. The van der Waals surface area contributed by atoms with Gasteiger partial charge in [-0.15, -0.1) is 22.7 Å². The van der Waals surface area contributed by atoms with Gasteiger partial charge in [-0.3, -0.25) is 9.59 Å². The van der Waals surface area contributed by atoms with Gasteiger partial charge in [0.2, 0.25) is 0 Å². The number of carbonyl (C=O) groups is 2. The maximum Gasteiger partial charge on any atom is 0.252 e. The topological polar surface area (TPSA) is 175 Å². The van der Waals surface area contributed by atoms with Crippen molar-refractivity contribution < 1.29 is 35.9 Å². The maximum atomic E-state index is 13.2. The molecule has 2 aliphatic heterocycles. The Balaban J connectivity index is 0.000000219. The van der Waals surface area contributed by atoms with Crippen LogP contribution in [-0.4, -0.2) is 89.7 Å². The average molecular weight is 1100 g/mol. The van der Waals surface area contributed by atoms with E-state index < -0.39 is 20.0 Å². The van der Waals surface area contributed by atoms with Crippen molar-refractivity contribution in [1.29, 1.82) is 0 Å². The van der Waals surface area contributed by atoms with E-state index in [1.165, 1.54) is 44.9 Å². The Labute approximate surface area is 452 Å². The molecule has 4 aromatic carbocycles. The summed E-state index contributed by atoms with van der Waals surface area (Å²) in [4.78, 5) is 26.5. The molecule has 402 valence electrons. The van der Waals surface area contributed by atoms with Crippen LogP contribution >= 0.6 is 22.7 Å². The number of sulfonamides is 2. The molecule has 75 heavy (non-hydrogen) atoms. The highest BCUT2D eigenvalue weighted by Gasteiger charge is 2.32. The second kappa shape index (κ2) is 27.0. The first kappa shape index (κ1) is 57.3. The van der Waals surface area contributed by atoms with Gasteiger partial charge >= 0.3 is 0 Å². The number of ether oxygens (including phenoxy) is 2. The van der Waals surface area contributed by atoms with Crippen molar-refractivity contribution in [2.45, 2.75) is 112 Å². The zero-order valence-electron chi connectivity index (χ0n) is 43.8. The minimum absolute atomic E-state index is 0.234. The van der Waals surface area contributed by atoms with Gasteiger partial charge in [0.15, 0.2) is 0 Å². The molecule has 4 heterocycles. The molecule has 8 rings (SSSR count). The molecule has 2 fully saturated rings. The van der Waals surface area contributed by atoms with E-state index in [0.29, 0.717) is 81.1 Å². The van der Waals surface area contributed by atoms with Gasteiger partial charge in [-0.05, 0) is 127 Å². The lowest BCUT2D eigenvalue weighted by atomic mass is 10.0. The number of hydrogen-bond donors (Lipinski definition) is 4. The summed E-state index contributed by atoms with van der Waals surface area (Å²) in [6, 6.07) is 38.7. The van der Waals surface area contributed by atoms with E-state index >= 15 is 0 Å². The van der Waals surface area contributed by atoms with Crippen LogP contribution in [0, 0.1) is 5.92 Å². The van der Waals surface area contributed by atoms with E-state index in [4.69, 9.17) is 9.47 Å². The zero-order chi connectivity index (χ0) is 53.5. The standard InChI is InChI=1S/C29H37N3O4S2.C28H35N3O4S2/c1-21(2)17-22-7-9-23(10-8-22)19-30-25-13-15-32(16-14-25)38(34,35)28-12-11-27(37-28)20-31-29(33)24-5-4-6-26(18-24)36-3;1-20(2)22-9-7-21(8-10-22)18-29-24-13-15-31(16-14-24)37(33,34)27-12-11-26(36-27)19-30-28(32)23-5-4-6-25(17-23)35-3/h4-12,18,21,25,30H,13-17,19-20H2,1-3H3,(H,31,33);4-12,17,20,24,29H,13-16,18-19H2,1-3H3,(H,30,32). The highest BCUT2D eigenvalue weighted by Crippen LogP contribution is 2.29. The summed E-state index contributed by atoms with van der Waals surface area (Å²) in [6.07, 6.45) is 4.19. The number of rotatable bonds is 21. The Morgan fingerprint density at radius 1 is 0.547 bits per heavy atom. The fraction of sp³-hybridized carbons (Fsp3) is 0.404. The van der Waals surface area contributed by atoms with E-state index in [0.717, 1.165) is 54.9 Å². The molecule has 18 heteroatoms. The van der Waals surface area contributed by atoms with Crippen molar-refractivity contribution in [1.82, 2.24) is 29.9 Å². The van der Waals surface area contributed by atoms with Crippen LogP contribution in [0.1, 0.15) is 112 Å². The van der Waals surface area contributed by atoms with Crippen LogP contribution in [-0.2, 0) is 52.6 Å². The van der Waals surface area contributed by atoms with Crippen LogP contribution in [0.15, 0.2) is 130 Å². The number of thiophene rings is 2. The van der Waals surface area contributed by atoms with Gasteiger partial charge in [0.25, 0.3) is 31.9 Å². The minimum atomic E-state index is -3.55. The second-order valence-electron chi connectivity index (χ2n) is 19.7. The normalized spacial score (nSPS) is 15.1. The summed E-state index contributed by atoms with van der Waals surface area (Å²) in [5.41, 5.74) is 6.17. The van der Waals surface area contributed by atoms with Crippen LogP contribution in [0.5, 0.6) is 11.5 Å². The molecule has 0 bridgehead atoms. The van der Waals surface area contributed by atoms with Crippen molar-refractivity contribution >= 4 is 54.5 Å². The lowest BCUT2D eigenvalue weighted by Gasteiger charge is -2.31. The predicted molar refractivity (Wildman–Crippen MR) is 300 cm³/mol. The summed E-state index contributed by atoms with van der Waals surface area (Å²) in [7, 11) is -4.00. The molecule has 2 saturated heterocycles. The average Bonchev–Trinajstić information content (AvgIpc) is 4.13. The molecule has 0 radical (unpaired) electrons. The third kappa shape index (κ3) is 16.3. The fourth-order valence-corrected chi connectivity index (χ4v) is 14.8. The zero-order valence-corrected chi connectivity index (χ0v) is 47.1. The van der Waals surface area contributed by atoms with E-state index in [2.05, 4.69) is 97.5 Å². The quantitative estimate of drug-likeness (QED) is 0.0543. The summed E-state index contributed by atoms with van der Waals surface area (Å²) in [5.74, 6) is 1.91. The van der Waals surface area contributed by atoms with Crippen LogP contribution in [0.25, 0.3) is 0 Å². The third-order valence-electron chi connectivity index (χ3n) is 13.4. The summed E-state index contributed by atoms with van der Waals surface area (Å²) >= 11 is 2.41. The van der Waals surface area contributed by atoms with E-state index in [9.17, 15) is 26.4 Å². The van der Waals surface area contributed by atoms with Gasteiger partial charge in [-0.2, -0.15) is 8.61 Å². The fourth-order valence-electron chi connectivity index (χ4n) is 8.92. The van der Waals surface area contributed by atoms with Crippen molar-refractivity contribution in [3.63, 3.8) is 0 Å². The van der Waals surface area contributed by atoms with E-state index in [1.807, 2.05) is 0 Å². The second-order valence-corrected chi connectivity index (χ2v) is 26.4. The molecule has 14 nitrogen and oxygen atoms in total. The third-order valence-corrected chi connectivity index (χ3v) is 20.3. The Bertz CT molecular complexity index is 3020. The molecule has 0 aliphatic carbocycles. The van der Waals surface area contributed by atoms with Crippen molar-refractivity contribution in [2.75, 3.05) is 40.4 Å². The molecule has 2 aliphatic rings. The van der Waals surface area contributed by atoms with Crippen molar-refractivity contribution in [3.05, 3.63) is 164 Å². The van der Waals surface area contributed by atoms with E-state index in [1.54, 1.807) is 95.6 Å². The largest absolute Gasteiger partial charge is 0.497 e. The number of benzene rings is 4. The molecule has 2 amide bonds. The Morgan fingerprint density at radius 3 is 1.33 bits per heavy atom. The Morgan fingerprint density at radius 2 is 0.947 bits per heavy atom. The number of hydrogen-bond acceptors (Lipinski definition) is 12. The Kier molecular flexibility index (Phi) is 20.7. The molecule has 0 atom stereocenters. The SMILES string of the molecule is COc1cccc(C(=O)NCc2ccc(S(=O)(=O)N3CCC(NCc4ccc(C(C)C)cc4)CC3)s2)c1.COc1cccc(C(=O)NCc2ccc(S(=O)(=O)N3CCC(NCc4ccc(CC(C)C)cc4)CC3)s2)c1. The molecule has 0 unspecified atom stereocenters. The van der Waals surface area contributed by atoms with Crippen molar-refractivity contribution in [2.24, 2.45) is 5.92 Å². The molecule has 4 N–H and O–H groups in total. The number of methoxy groups -OCH3 is 2. The number of carbonyl (C=O) groups excluding carboxylic acids is 2. The highest BCUT2D eigenvalue weighted by molar-refractivity contribution is 7.91. The molecule has 6 aromatic rings. The van der Waals surface area contributed by atoms with Crippen LogP contribution in [0.3, 0.4) is 0 Å². The van der Waals surface area contributed by atoms with Crippen molar-refractivity contribution in [3.8, 4) is 11.5 Å². The number of nitrogens with zero attached hydrogens (tertiary/aromatic N) is 2. The summed E-state index contributed by atoms with van der Waals surface area (Å²) in [6.45, 7) is 12.9. The van der Waals surface area contributed by atoms with Gasteiger partial charge in [0.05, 0.1) is 27.3 Å².